The molecule has 24 heavy (non-hydrogen) atoms. The molecule has 0 amide bonds. The summed E-state index contributed by atoms with van der Waals surface area (Å²) >= 11 is 1.74. The van der Waals surface area contributed by atoms with Crippen LogP contribution >= 0.6 is 11.3 Å². The van der Waals surface area contributed by atoms with E-state index in [4.69, 9.17) is 4.74 Å². The first-order chi connectivity index (χ1) is 11.8. The van der Waals surface area contributed by atoms with E-state index in [2.05, 4.69) is 46.7 Å². The average molecular weight is 338 g/mol. The van der Waals surface area contributed by atoms with E-state index < -0.39 is 0 Å². The second-order valence-electron chi connectivity index (χ2n) is 5.57. The van der Waals surface area contributed by atoms with Crippen molar-refractivity contribution in [2.75, 3.05) is 6.61 Å². The SMILES string of the molecule is CCOc1ccc(C(NCc2cnc(C)s2)c2ccccc2)cc1. The molecule has 124 valence electrons. The Morgan fingerprint density at radius 2 is 1.75 bits per heavy atom. The highest BCUT2D eigenvalue weighted by molar-refractivity contribution is 7.11. The van der Waals surface area contributed by atoms with Gasteiger partial charge in [-0.05, 0) is 37.1 Å². The molecule has 0 aliphatic carbocycles. The summed E-state index contributed by atoms with van der Waals surface area (Å²) in [6, 6.07) is 19.0. The van der Waals surface area contributed by atoms with Gasteiger partial charge in [-0.1, -0.05) is 42.5 Å². The Balaban J connectivity index is 1.81. The van der Waals surface area contributed by atoms with Crippen LogP contribution in [0.3, 0.4) is 0 Å². The van der Waals surface area contributed by atoms with Gasteiger partial charge in [0.05, 0.1) is 17.7 Å². The summed E-state index contributed by atoms with van der Waals surface area (Å²) in [5.74, 6) is 0.908. The van der Waals surface area contributed by atoms with E-state index in [1.165, 1.54) is 16.0 Å². The Morgan fingerprint density at radius 3 is 2.38 bits per heavy atom. The number of thiazole rings is 1. The average Bonchev–Trinajstić information content (AvgIpc) is 3.03. The number of aromatic nitrogens is 1. The molecule has 4 heteroatoms. The van der Waals surface area contributed by atoms with Crippen molar-refractivity contribution >= 4 is 11.3 Å². The van der Waals surface area contributed by atoms with Crippen molar-refractivity contribution in [1.29, 1.82) is 0 Å². The Bertz CT molecular complexity index is 753. The minimum absolute atomic E-state index is 0.143. The molecule has 0 saturated carbocycles. The molecule has 0 aliphatic heterocycles. The maximum Gasteiger partial charge on any atom is 0.119 e. The molecule has 2 aromatic carbocycles. The molecule has 0 radical (unpaired) electrons. The highest BCUT2D eigenvalue weighted by atomic mass is 32.1. The largest absolute Gasteiger partial charge is 0.494 e. The van der Waals surface area contributed by atoms with Gasteiger partial charge in [-0.15, -0.1) is 11.3 Å². The summed E-state index contributed by atoms with van der Waals surface area (Å²) in [6.45, 7) is 5.53. The fourth-order valence-corrected chi connectivity index (χ4v) is 3.43. The first kappa shape index (κ1) is 16.7. The van der Waals surface area contributed by atoms with Crippen molar-refractivity contribution in [3.05, 3.63) is 81.8 Å². The van der Waals surface area contributed by atoms with E-state index in [1.807, 2.05) is 38.2 Å². The third kappa shape index (κ3) is 4.22. The monoisotopic (exact) mass is 338 g/mol. The second-order valence-corrected chi connectivity index (χ2v) is 6.89. The smallest absolute Gasteiger partial charge is 0.119 e. The zero-order valence-corrected chi connectivity index (χ0v) is 14.8. The summed E-state index contributed by atoms with van der Waals surface area (Å²) in [4.78, 5) is 5.58. The van der Waals surface area contributed by atoms with Gasteiger partial charge in [-0.2, -0.15) is 0 Å². The number of nitrogens with zero attached hydrogens (tertiary/aromatic N) is 1. The molecule has 1 aromatic heterocycles. The van der Waals surface area contributed by atoms with Gasteiger partial charge in [0.1, 0.15) is 5.75 Å². The van der Waals surface area contributed by atoms with Crippen LogP contribution in [0.25, 0.3) is 0 Å². The van der Waals surface area contributed by atoms with Crippen molar-refractivity contribution in [1.82, 2.24) is 10.3 Å². The van der Waals surface area contributed by atoms with Gasteiger partial charge in [0.2, 0.25) is 0 Å². The van der Waals surface area contributed by atoms with Gasteiger partial charge in [0, 0.05) is 17.6 Å². The molecule has 1 N–H and O–H groups in total. The molecular weight excluding hydrogens is 316 g/mol. The quantitative estimate of drug-likeness (QED) is 0.676. The zero-order valence-electron chi connectivity index (χ0n) is 14.0. The van der Waals surface area contributed by atoms with Gasteiger partial charge in [-0.3, -0.25) is 0 Å². The van der Waals surface area contributed by atoms with Crippen LogP contribution in [0.4, 0.5) is 0 Å². The molecule has 1 heterocycles. The van der Waals surface area contributed by atoms with Gasteiger partial charge >= 0.3 is 0 Å². The molecule has 1 atom stereocenters. The van der Waals surface area contributed by atoms with E-state index >= 15 is 0 Å². The van der Waals surface area contributed by atoms with Crippen LogP contribution in [0.15, 0.2) is 60.8 Å². The van der Waals surface area contributed by atoms with E-state index in [0.29, 0.717) is 6.61 Å². The third-order valence-electron chi connectivity index (χ3n) is 3.81. The Kier molecular flexibility index (Phi) is 5.62. The van der Waals surface area contributed by atoms with Crippen LogP contribution in [0, 0.1) is 6.92 Å². The Hall–Kier alpha value is -2.17. The number of nitrogens with one attached hydrogen (secondary N) is 1. The predicted molar refractivity (Wildman–Crippen MR) is 99.6 cm³/mol. The fraction of sp³-hybridized carbons (Fsp3) is 0.250. The number of aryl methyl sites for hydroxylation is 1. The van der Waals surface area contributed by atoms with Crippen LogP contribution < -0.4 is 10.1 Å². The summed E-state index contributed by atoms with van der Waals surface area (Å²) in [7, 11) is 0. The fourth-order valence-electron chi connectivity index (χ4n) is 2.69. The number of ether oxygens (including phenoxy) is 1. The van der Waals surface area contributed by atoms with Crippen molar-refractivity contribution in [2.45, 2.75) is 26.4 Å². The molecule has 3 nitrogen and oxygen atoms in total. The lowest BCUT2D eigenvalue weighted by Gasteiger charge is -2.20. The summed E-state index contributed by atoms with van der Waals surface area (Å²) in [6.07, 6.45) is 1.95. The minimum atomic E-state index is 0.143. The van der Waals surface area contributed by atoms with Gasteiger partial charge < -0.3 is 10.1 Å². The zero-order chi connectivity index (χ0) is 16.8. The van der Waals surface area contributed by atoms with Crippen LogP contribution in [-0.4, -0.2) is 11.6 Å². The first-order valence-electron chi connectivity index (χ1n) is 8.18. The highest BCUT2D eigenvalue weighted by Gasteiger charge is 2.14. The van der Waals surface area contributed by atoms with E-state index in [9.17, 15) is 0 Å². The summed E-state index contributed by atoms with van der Waals surface area (Å²) < 4.78 is 5.55. The van der Waals surface area contributed by atoms with Gasteiger partial charge in [0.15, 0.2) is 0 Å². The third-order valence-corrected chi connectivity index (χ3v) is 4.72. The predicted octanol–water partition coefficient (Wildman–Crippen LogP) is 4.73. The number of hydrogen-bond acceptors (Lipinski definition) is 4. The normalized spacial score (nSPS) is 12.1. The maximum atomic E-state index is 5.55. The lowest BCUT2D eigenvalue weighted by atomic mass is 9.98. The van der Waals surface area contributed by atoms with Crippen LogP contribution in [0.5, 0.6) is 5.75 Å². The van der Waals surface area contributed by atoms with Crippen LogP contribution in [0.2, 0.25) is 0 Å². The van der Waals surface area contributed by atoms with E-state index in [-0.39, 0.29) is 6.04 Å². The molecule has 3 aromatic rings. The molecule has 0 fully saturated rings. The van der Waals surface area contributed by atoms with Crippen molar-refractivity contribution in [3.63, 3.8) is 0 Å². The number of rotatable bonds is 7. The van der Waals surface area contributed by atoms with Gasteiger partial charge in [-0.25, -0.2) is 4.98 Å². The van der Waals surface area contributed by atoms with Crippen LogP contribution in [-0.2, 0) is 6.54 Å². The standard InChI is InChI=1S/C20H22N2OS/c1-3-23-18-11-9-17(10-12-18)20(16-7-5-4-6-8-16)22-14-19-13-21-15(2)24-19/h4-13,20,22H,3,14H2,1-2H3. The van der Waals surface area contributed by atoms with E-state index in [1.54, 1.807) is 11.3 Å². The maximum absolute atomic E-state index is 5.55. The lowest BCUT2D eigenvalue weighted by Crippen LogP contribution is -2.21. The van der Waals surface area contributed by atoms with Crippen molar-refractivity contribution in [2.24, 2.45) is 0 Å². The highest BCUT2D eigenvalue weighted by Crippen LogP contribution is 2.25. The van der Waals surface area contributed by atoms with Crippen molar-refractivity contribution in [3.8, 4) is 5.75 Å². The molecule has 0 aliphatic rings. The summed E-state index contributed by atoms with van der Waals surface area (Å²) in [5.41, 5.74) is 2.48. The second kappa shape index (κ2) is 8.08. The lowest BCUT2D eigenvalue weighted by molar-refractivity contribution is 0.340. The van der Waals surface area contributed by atoms with Crippen LogP contribution in [0.1, 0.15) is 34.0 Å². The summed E-state index contributed by atoms with van der Waals surface area (Å²) in [5, 5.41) is 4.76. The van der Waals surface area contributed by atoms with Crippen molar-refractivity contribution < 1.29 is 4.74 Å². The molecule has 1 unspecified atom stereocenters. The number of hydrogen-bond donors (Lipinski definition) is 1. The molecular formula is C20H22N2OS. The topological polar surface area (TPSA) is 34.1 Å². The molecule has 3 rings (SSSR count). The number of benzene rings is 2. The Morgan fingerprint density at radius 1 is 1.04 bits per heavy atom. The molecule has 0 bridgehead atoms. The van der Waals surface area contributed by atoms with Gasteiger partial charge in [0.25, 0.3) is 0 Å². The first-order valence-corrected chi connectivity index (χ1v) is 9.00. The Labute approximate surface area is 147 Å². The molecule has 0 spiro atoms. The van der Waals surface area contributed by atoms with E-state index in [0.717, 1.165) is 17.3 Å². The minimum Gasteiger partial charge on any atom is -0.494 e. The molecule has 0 saturated heterocycles.